The van der Waals surface area contributed by atoms with Crippen LogP contribution in [-0.4, -0.2) is 32.0 Å². The van der Waals surface area contributed by atoms with Gasteiger partial charge in [-0.05, 0) is 80.2 Å². The summed E-state index contributed by atoms with van der Waals surface area (Å²) >= 11 is 5.69. The van der Waals surface area contributed by atoms with Crippen molar-refractivity contribution >= 4 is 28.9 Å². The monoisotopic (exact) mass is 549 g/mol. The number of carbonyl (C=O) groups is 1. The maximum atomic E-state index is 13.5. The number of anilines is 1. The Labute approximate surface area is 229 Å². The highest BCUT2D eigenvalue weighted by molar-refractivity contribution is 7.80. The summed E-state index contributed by atoms with van der Waals surface area (Å²) in [4.78, 5) is 19.4. The Morgan fingerprint density at radius 1 is 1.03 bits per heavy atom. The van der Waals surface area contributed by atoms with Crippen LogP contribution in [0.4, 0.5) is 18.9 Å². The van der Waals surface area contributed by atoms with Crippen molar-refractivity contribution in [3.8, 4) is 5.69 Å². The van der Waals surface area contributed by atoms with E-state index in [-0.39, 0.29) is 18.5 Å². The van der Waals surface area contributed by atoms with Crippen LogP contribution in [0.25, 0.3) is 5.69 Å². The minimum Gasteiger partial charge on any atom is -0.352 e. The molecule has 2 aromatic heterocycles. The Kier molecular flexibility index (Phi) is 7.14. The summed E-state index contributed by atoms with van der Waals surface area (Å²) in [5, 5.41) is 6.61. The Morgan fingerprint density at radius 2 is 1.77 bits per heavy atom. The summed E-state index contributed by atoms with van der Waals surface area (Å²) in [5.41, 5.74) is 3.43. The van der Waals surface area contributed by atoms with Gasteiger partial charge in [0.05, 0.1) is 23.3 Å². The maximum absolute atomic E-state index is 13.5. The standard InChI is InChI=1S/C29H26F3N5OS/c1-18-15-23(19(2)37(18)22-12-8-9-20(16-22)29(30,31)32)27-26(24-13-6-7-14-33-24)35-28(39)36(27)17-25(38)34-21-10-4-3-5-11-21/h3-16,26-27H,17H2,1-2H3,(H,34,38)(H,35,39). The molecule has 3 heterocycles. The third-order valence-corrected chi connectivity index (χ3v) is 7.14. The van der Waals surface area contributed by atoms with Gasteiger partial charge in [-0.15, -0.1) is 0 Å². The van der Waals surface area contributed by atoms with E-state index in [9.17, 15) is 18.0 Å². The fourth-order valence-corrected chi connectivity index (χ4v) is 5.40. The van der Waals surface area contributed by atoms with Crippen LogP contribution in [0.15, 0.2) is 85.1 Å². The molecule has 2 aromatic carbocycles. The van der Waals surface area contributed by atoms with Crippen molar-refractivity contribution in [2.75, 3.05) is 11.9 Å². The molecule has 1 aliphatic rings. The second kappa shape index (κ2) is 10.5. The molecule has 0 bridgehead atoms. The number of aryl methyl sites for hydroxylation is 1. The van der Waals surface area contributed by atoms with Crippen LogP contribution in [0.2, 0.25) is 0 Å². The van der Waals surface area contributed by atoms with E-state index in [0.29, 0.717) is 16.5 Å². The molecular weight excluding hydrogens is 523 g/mol. The highest BCUT2D eigenvalue weighted by Gasteiger charge is 2.42. The van der Waals surface area contributed by atoms with E-state index in [4.69, 9.17) is 12.2 Å². The van der Waals surface area contributed by atoms with E-state index >= 15 is 0 Å². The molecular formula is C29H26F3N5OS. The van der Waals surface area contributed by atoms with Gasteiger partial charge in [0.15, 0.2) is 5.11 Å². The molecule has 2 N–H and O–H groups in total. The number of rotatable bonds is 6. The van der Waals surface area contributed by atoms with Crippen molar-refractivity contribution in [2.24, 2.45) is 0 Å². The fraction of sp³-hybridized carbons (Fsp3) is 0.207. The van der Waals surface area contributed by atoms with Gasteiger partial charge in [0.2, 0.25) is 5.91 Å². The minimum absolute atomic E-state index is 0.0258. The maximum Gasteiger partial charge on any atom is 0.416 e. The Morgan fingerprint density at radius 3 is 2.46 bits per heavy atom. The lowest BCUT2D eigenvalue weighted by atomic mass is 9.96. The second-order valence-corrected chi connectivity index (χ2v) is 9.77. The van der Waals surface area contributed by atoms with Crippen LogP contribution in [-0.2, 0) is 11.0 Å². The molecule has 1 saturated heterocycles. The number of nitrogens with zero attached hydrogens (tertiary/aromatic N) is 3. The molecule has 2 unspecified atom stereocenters. The number of para-hydroxylation sites is 1. The largest absolute Gasteiger partial charge is 0.416 e. The zero-order chi connectivity index (χ0) is 27.7. The zero-order valence-corrected chi connectivity index (χ0v) is 22.1. The Hall–Kier alpha value is -4.18. The van der Waals surface area contributed by atoms with Crippen molar-refractivity contribution in [2.45, 2.75) is 32.1 Å². The molecule has 1 aliphatic heterocycles. The number of hydrogen-bond donors (Lipinski definition) is 2. The number of nitrogens with one attached hydrogen (secondary N) is 2. The molecule has 6 nitrogen and oxygen atoms in total. The summed E-state index contributed by atoms with van der Waals surface area (Å²) in [6.45, 7) is 3.68. The number of halogens is 3. The van der Waals surface area contributed by atoms with E-state index < -0.39 is 17.8 Å². The SMILES string of the molecule is Cc1cc(C2C(c3ccccn3)NC(=S)N2CC(=O)Nc2ccccc2)c(C)n1-c1cccc(C(F)(F)F)c1. The quantitative estimate of drug-likeness (QED) is 0.284. The van der Waals surface area contributed by atoms with Crippen LogP contribution in [0.1, 0.15) is 40.3 Å². The topological polar surface area (TPSA) is 62.2 Å². The van der Waals surface area contributed by atoms with Gasteiger partial charge in [-0.2, -0.15) is 13.2 Å². The summed E-state index contributed by atoms with van der Waals surface area (Å²) < 4.78 is 42.2. The number of thiocarbonyl (C=S) groups is 1. The van der Waals surface area contributed by atoms with E-state index in [1.165, 1.54) is 6.07 Å². The van der Waals surface area contributed by atoms with Crippen molar-refractivity contribution in [3.05, 3.63) is 113 Å². The smallest absolute Gasteiger partial charge is 0.352 e. The molecule has 0 aliphatic carbocycles. The normalized spacial score (nSPS) is 17.3. The lowest BCUT2D eigenvalue weighted by molar-refractivity contribution is -0.137. The number of pyridine rings is 1. The number of carbonyl (C=O) groups excluding carboxylic acids is 1. The minimum atomic E-state index is -4.46. The van der Waals surface area contributed by atoms with Crippen LogP contribution in [0.3, 0.4) is 0 Å². The van der Waals surface area contributed by atoms with Crippen molar-refractivity contribution in [3.63, 3.8) is 0 Å². The van der Waals surface area contributed by atoms with Crippen LogP contribution >= 0.6 is 12.2 Å². The average molecular weight is 550 g/mol. The fourth-order valence-electron chi connectivity index (χ4n) is 5.10. The van der Waals surface area contributed by atoms with Gasteiger partial charge >= 0.3 is 6.18 Å². The predicted octanol–water partition coefficient (Wildman–Crippen LogP) is 6.12. The molecule has 2 atom stereocenters. The molecule has 1 fully saturated rings. The highest BCUT2D eigenvalue weighted by atomic mass is 32.1. The summed E-state index contributed by atoms with van der Waals surface area (Å²) in [5.74, 6) is -0.247. The summed E-state index contributed by atoms with van der Waals surface area (Å²) in [6.07, 6.45) is -2.77. The van der Waals surface area contributed by atoms with E-state index in [2.05, 4.69) is 15.6 Å². The number of benzene rings is 2. The van der Waals surface area contributed by atoms with Gasteiger partial charge in [-0.25, -0.2) is 0 Å². The Balaban J connectivity index is 1.55. The lowest BCUT2D eigenvalue weighted by Crippen LogP contribution is -2.37. The first kappa shape index (κ1) is 26.4. The average Bonchev–Trinajstić information content (AvgIpc) is 3.39. The first-order valence-electron chi connectivity index (χ1n) is 12.3. The number of alkyl halides is 3. The van der Waals surface area contributed by atoms with Gasteiger partial charge in [0, 0.05) is 29.0 Å². The van der Waals surface area contributed by atoms with Crippen molar-refractivity contribution in [1.29, 1.82) is 0 Å². The molecule has 4 aromatic rings. The number of hydrogen-bond acceptors (Lipinski definition) is 3. The molecule has 10 heteroatoms. The molecule has 0 spiro atoms. The summed E-state index contributed by atoms with van der Waals surface area (Å²) in [6, 6.07) is 21.1. The van der Waals surface area contributed by atoms with Gasteiger partial charge in [0.1, 0.15) is 6.54 Å². The first-order chi connectivity index (χ1) is 18.6. The molecule has 39 heavy (non-hydrogen) atoms. The lowest BCUT2D eigenvalue weighted by Gasteiger charge is -2.27. The first-order valence-corrected chi connectivity index (χ1v) is 12.7. The predicted molar refractivity (Wildman–Crippen MR) is 147 cm³/mol. The van der Waals surface area contributed by atoms with Crippen LogP contribution in [0.5, 0.6) is 0 Å². The van der Waals surface area contributed by atoms with Crippen molar-refractivity contribution < 1.29 is 18.0 Å². The van der Waals surface area contributed by atoms with E-state index in [0.717, 1.165) is 34.8 Å². The molecule has 0 saturated carbocycles. The van der Waals surface area contributed by atoms with Crippen LogP contribution in [0, 0.1) is 13.8 Å². The second-order valence-electron chi connectivity index (χ2n) is 9.38. The van der Waals surface area contributed by atoms with Gasteiger partial charge in [-0.1, -0.05) is 30.3 Å². The molecule has 0 radical (unpaired) electrons. The van der Waals surface area contributed by atoms with Crippen molar-refractivity contribution in [1.82, 2.24) is 19.8 Å². The molecule has 5 rings (SSSR count). The highest BCUT2D eigenvalue weighted by Crippen LogP contribution is 2.41. The number of aromatic nitrogens is 2. The molecule has 1 amide bonds. The third kappa shape index (κ3) is 5.37. The van der Waals surface area contributed by atoms with Gasteiger partial charge in [-0.3, -0.25) is 9.78 Å². The van der Waals surface area contributed by atoms with Gasteiger partial charge in [0.25, 0.3) is 0 Å². The third-order valence-electron chi connectivity index (χ3n) is 6.79. The molecule has 200 valence electrons. The van der Waals surface area contributed by atoms with E-state index in [1.54, 1.807) is 29.0 Å². The van der Waals surface area contributed by atoms with E-state index in [1.807, 2.05) is 61.2 Å². The summed E-state index contributed by atoms with van der Waals surface area (Å²) in [7, 11) is 0. The Bertz CT molecular complexity index is 1500. The number of amides is 1. The van der Waals surface area contributed by atoms with Crippen LogP contribution < -0.4 is 10.6 Å². The van der Waals surface area contributed by atoms with Gasteiger partial charge < -0.3 is 20.1 Å². The zero-order valence-electron chi connectivity index (χ0n) is 21.2.